The fourth-order valence-corrected chi connectivity index (χ4v) is 2.86. The van der Waals surface area contributed by atoms with Gasteiger partial charge in [0.25, 0.3) is 0 Å². The van der Waals surface area contributed by atoms with Crippen LogP contribution in [0.3, 0.4) is 0 Å². The van der Waals surface area contributed by atoms with Crippen molar-refractivity contribution >= 4 is 35.2 Å². The molecule has 0 unspecified atom stereocenters. The molecule has 0 radical (unpaired) electrons. The number of hydrogen-bond acceptors (Lipinski definition) is 4. The third-order valence-electron chi connectivity index (χ3n) is 3.25. The molecule has 5 heteroatoms. The second-order valence-corrected chi connectivity index (χ2v) is 5.94. The monoisotopic (exact) mass is 348 g/mol. The highest BCUT2D eigenvalue weighted by molar-refractivity contribution is 7.98. The summed E-state index contributed by atoms with van der Waals surface area (Å²) in [4.78, 5) is 13.4. The Morgan fingerprint density at radius 3 is 2.48 bits per heavy atom. The Hall–Kier alpha value is -1.91. The van der Waals surface area contributed by atoms with Crippen LogP contribution in [0.25, 0.3) is 6.08 Å². The van der Waals surface area contributed by atoms with Crippen LogP contribution in [0.1, 0.15) is 15.9 Å². The molecular formula is C18H17ClO3S. The first-order valence-electron chi connectivity index (χ1n) is 6.87. The van der Waals surface area contributed by atoms with E-state index in [1.54, 1.807) is 38.5 Å². The molecule has 0 saturated heterocycles. The lowest BCUT2D eigenvalue weighted by molar-refractivity contribution is 0.104. The Morgan fingerprint density at radius 2 is 1.87 bits per heavy atom. The SMILES string of the molecule is COc1cc(C(=O)/C=C/c2cccc(Cl)c2)c(OC)cc1SC. The van der Waals surface area contributed by atoms with Crippen molar-refractivity contribution in [3.8, 4) is 11.5 Å². The minimum atomic E-state index is -0.159. The highest BCUT2D eigenvalue weighted by Crippen LogP contribution is 2.34. The Morgan fingerprint density at radius 1 is 1.13 bits per heavy atom. The van der Waals surface area contributed by atoms with E-state index in [9.17, 15) is 4.79 Å². The summed E-state index contributed by atoms with van der Waals surface area (Å²) in [5.41, 5.74) is 1.32. The van der Waals surface area contributed by atoms with E-state index < -0.39 is 0 Å². The van der Waals surface area contributed by atoms with Crippen LogP contribution in [0.2, 0.25) is 5.02 Å². The Labute approximate surface area is 145 Å². The van der Waals surface area contributed by atoms with Crippen LogP contribution in [-0.2, 0) is 0 Å². The molecule has 0 amide bonds. The molecule has 2 aromatic carbocycles. The van der Waals surface area contributed by atoms with Gasteiger partial charge in [0.2, 0.25) is 0 Å². The van der Waals surface area contributed by atoms with Gasteiger partial charge in [-0.15, -0.1) is 11.8 Å². The van der Waals surface area contributed by atoms with Crippen LogP contribution in [0.5, 0.6) is 11.5 Å². The standard InChI is InChI=1S/C18H17ClO3S/c1-21-16-11-18(23-3)17(22-2)10-14(16)15(20)8-7-12-5-4-6-13(19)9-12/h4-11H,1-3H3/b8-7+. The molecule has 0 saturated carbocycles. The molecule has 3 nitrogen and oxygen atoms in total. The van der Waals surface area contributed by atoms with Crippen molar-refractivity contribution in [1.29, 1.82) is 0 Å². The molecule has 0 aliphatic rings. The molecule has 2 aromatic rings. The Bertz CT molecular complexity index is 741. The molecule has 23 heavy (non-hydrogen) atoms. The van der Waals surface area contributed by atoms with E-state index in [-0.39, 0.29) is 5.78 Å². The summed E-state index contributed by atoms with van der Waals surface area (Å²) in [6, 6.07) is 10.8. The first kappa shape index (κ1) is 17.4. The normalized spacial score (nSPS) is 10.8. The van der Waals surface area contributed by atoms with Gasteiger partial charge in [0.15, 0.2) is 5.78 Å². The predicted molar refractivity (Wildman–Crippen MR) is 96.1 cm³/mol. The zero-order chi connectivity index (χ0) is 16.8. The van der Waals surface area contributed by atoms with E-state index >= 15 is 0 Å². The number of carbonyl (C=O) groups is 1. The number of rotatable bonds is 6. The van der Waals surface area contributed by atoms with E-state index in [1.807, 2.05) is 24.5 Å². The fraction of sp³-hybridized carbons (Fsp3) is 0.167. The fourth-order valence-electron chi connectivity index (χ4n) is 2.09. The van der Waals surface area contributed by atoms with Crippen molar-refractivity contribution in [2.24, 2.45) is 0 Å². The number of halogens is 1. The molecule has 120 valence electrons. The average Bonchev–Trinajstić information content (AvgIpc) is 2.58. The van der Waals surface area contributed by atoms with E-state index in [4.69, 9.17) is 21.1 Å². The topological polar surface area (TPSA) is 35.5 Å². The number of ketones is 1. The molecule has 0 heterocycles. The van der Waals surface area contributed by atoms with Crippen molar-refractivity contribution in [3.05, 3.63) is 58.6 Å². The van der Waals surface area contributed by atoms with Gasteiger partial charge >= 0.3 is 0 Å². The number of ether oxygens (including phenoxy) is 2. The highest BCUT2D eigenvalue weighted by Gasteiger charge is 2.15. The van der Waals surface area contributed by atoms with Crippen LogP contribution in [-0.4, -0.2) is 26.3 Å². The van der Waals surface area contributed by atoms with Gasteiger partial charge in [-0.1, -0.05) is 29.8 Å². The van der Waals surface area contributed by atoms with Crippen molar-refractivity contribution < 1.29 is 14.3 Å². The molecule has 0 aliphatic heterocycles. The summed E-state index contributed by atoms with van der Waals surface area (Å²) >= 11 is 7.47. The summed E-state index contributed by atoms with van der Waals surface area (Å²) in [6.07, 6.45) is 5.17. The van der Waals surface area contributed by atoms with Gasteiger partial charge in [0, 0.05) is 5.02 Å². The maximum Gasteiger partial charge on any atom is 0.189 e. The molecule has 0 aromatic heterocycles. The third kappa shape index (κ3) is 4.30. The van der Waals surface area contributed by atoms with Crippen LogP contribution in [0, 0.1) is 0 Å². The van der Waals surface area contributed by atoms with Gasteiger partial charge in [-0.3, -0.25) is 4.79 Å². The van der Waals surface area contributed by atoms with Crippen LogP contribution < -0.4 is 9.47 Å². The zero-order valence-electron chi connectivity index (χ0n) is 13.1. The summed E-state index contributed by atoms with van der Waals surface area (Å²) < 4.78 is 10.7. The smallest absolute Gasteiger partial charge is 0.189 e. The number of benzene rings is 2. The van der Waals surface area contributed by atoms with Crippen LogP contribution in [0.15, 0.2) is 47.4 Å². The first-order valence-corrected chi connectivity index (χ1v) is 8.47. The molecule has 0 spiro atoms. The van der Waals surface area contributed by atoms with E-state index in [0.29, 0.717) is 22.1 Å². The largest absolute Gasteiger partial charge is 0.496 e. The third-order valence-corrected chi connectivity index (χ3v) is 4.24. The minimum absolute atomic E-state index is 0.159. The summed E-state index contributed by atoms with van der Waals surface area (Å²) in [5, 5.41) is 0.628. The second kappa shape index (κ2) is 8.09. The molecule has 2 rings (SSSR count). The van der Waals surface area contributed by atoms with E-state index in [1.165, 1.54) is 17.8 Å². The molecule has 0 fully saturated rings. The lowest BCUT2D eigenvalue weighted by Crippen LogP contribution is -2.01. The van der Waals surface area contributed by atoms with E-state index in [2.05, 4.69) is 0 Å². The number of carbonyl (C=O) groups excluding carboxylic acids is 1. The quantitative estimate of drug-likeness (QED) is 0.419. The summed E-state index contributed by atoms with van der Waals surface area (Å²) in [7, 11) is 3.13. The molecular weight excluding hydrogens is 332 g/mol. The Kier molecular flexibility index (Phi) is 6.13. The first-order chi connectivity index (χ1) is 11.1. The number of hydrogen-bond donors (Lipinski definition) is 0. The van der Waals surface area contributed by atoms with Crippen LogP contribution >= 0.6 is 23.4 Å². The van der Waals surface area contributed by atoms with Gasteiger partial charge in [-0.25, -0.2) is 0 Å². The van der Waals surface area contributed by atoms with Crippen LogP contribution in [0.4, 0.5) is 0 Å². The maximum atomic E-state index is 12.5. The van der Waals surface area contributed by atoms with Crippen molar-refractivity contribution in [3.63, 3.8) is 0 Å². The maximum absolute atomic E-state index is 12.5. The highest BCUT2D eigenvalue weighted by atomic mass is 35.5. The second-order valence-electron chi connectivity index (χ2n) is 4.66. The number of methoxy groups -OCH3 is 2. The van der Waals surface area contributed by atoms with Gasteiger partial charge < -0.3 is 9.47 Å². The lowest BCUT2D eigenvalue weighted by atomic mass is 10.1. The van der Waals surface area contributed by atoms with Crippen molar-refractivity contribution in [1.82, 2.24) is 0 Å². The Balaban J connectivity index is 2.34. The van der Waals surface area contributed by atoms with Crippen molar-refractivity contribution in [2.75, 3.05) is 20.5 Å². The summed E-state index contributed by atoms with van der Waals surface area (Å²) in [5.74, 6) is 1.02. The van der Waals surface area contributed by atoms with E-state index in [0.717, 1.165) is 10.5 Å². The van der Waals surface area contributed by atoms with Crippen molar-refractivity contribution in [2.45, 2.75) is 4.90 Å². The lowest BCUT2D eigenvalue weighted by Gasteiger charge is -2.12. The zero-order valence-corrected chi connectivity index (χ0v) is 14.7. The number of thioether (sulfide) groups is 1. The average molecular weight is 349 g/mol. The van der Waals surface area contributed by atoms with Gasteiger partial charge in [0.1, 0.15) is 11.5 Å². The summed E-state index contributed by atoms with van der Waals surface area (Å²) in [6.45, 7) is 0. The molecule has 0 N–H and O–H groups in total. The molecule has 0 bridgehead atoms. The van der Waals surface area contributed by atoms with Gasteiger partial charge in [0.05, 0.1) is 24.7 Å². The minimum Gasteiger partial charge on any atom is -0.496 e. The van der Waals surface area contributed by atoms with Gasteiger partial charge in [-0.2, -0.15) is 0 Å². The molecule has 0 atom stereocenters. The predicted octanol–water partition coefficient (Wildman–Crippen LogP) is 4.98. The van der Waals surface area contributed by atoms with Gasteiger partial charge in [-0.05, 0) is 42.2 Å². The number of allylic oxidation sites excluding steroid dienone is 1. The molecule has 0 aliphatic carbocycles.